The van der Waals surface area contributed by atoms with Gasteiger partial charge < -0.3 is 16.2 Å². The van der Waals surface area contributed by atoms with Crippen LogP contribution in [0.2, 0.25) is 0 Å². The van der Waals surface area contributed by atoms with E-state index in [0.717, 1.165) is 0 Å². The molecule has 1 heterocycles. The van der Waals surface area contributed by atoms with Crippen LogP contribution in [0.5, 0.6) is 0 Å². The van der Waals surface area contributed by atoms with Crippen molar-refractivity contribution in [3.63, 3.8) is 0 Å². The molecule has 1 unspecified atom stereocenters. The lowest BCUT2D eigenvalue weighted by molar-refractivity contribution is 0.282. The minimum atomic E-state index is 0.0678. The Kier molecular flexibility index (Phi) is 3.89. The van der Waals surface area contributed by atoms with E-state index in [1.54, 1.807) is 6.07 Å². The molecule has 0 saturated heterocycles. The van der Waals surface area contributed by atoms with Crippen LogP contribution >= 0.6 is 0 Å². The fourth-order valence-electron chi connectivity index (χ4n) is 1.18. The summed E-state index contributed by atoms with van der Waals surface area (Å²) in [5.41, 5.74) is 6.39. The first-order valence-corrected chi connectivity index (χ1v) is 4.70. The lowest BCUT2D eigenvalue weighted by atomic mass is 10.2. The zero-order valence-electron chi connectivity index (χ0n) is 8.57. The van der Waals surface area contributed by atoms with Crippen molar-refractivity contribution in [3.05, 3.63) is 17.8 Å². The van der Waals surface area contributed by atoms with Crippen LogP contribution in [-0.2, 0) is 0 Å². The van der Waals surface area contributed by atoms with Crippen molar-refractivity contribution in [2.24, 2.45) is 0 Å². The van der Waals surface area contributed by atoms with E-state index in [2.05, 4.69) is 10.3 Å². The molecule has 0 aliphatic rings. The molecule has 5 nitrogen and oxygen atoms in total. The van der Waals surface area contributed by atoms with Crippen molar-refractivity contribution in [1.29, 1.82) is 5.26 Å². The molecule has 1 aromatic rings. The molecule has 0 bridgehead atoms. The first kappa shape index (κ1) is 11.3. The molecule has 0 amide bonds. The maximum atomic E-state index is 8.85. The topological polar surface area (TPSA) is 95.0 Å². The number of aliphatic hydroxyl groups is 1. The average Bonchev–Trinajstić information content (AvgIpc) is 2.21. The molecule has 1 rings (SSSR count). The summed E-state index contributed by atoms with van der Waals surface area (Å²) in [5.74, 6) is 0.507. The normalized spacial score (nSPS) is 11.8. The van der Waals surface area contributed by atoms with Gasteiger partial charge in [0.25, 0.3) is 0 Å². The first-order valence-electron chi connectivity index (χ1n) is 4.70. The number of hydrogen-bond acceptors (Lipinski definition) is 5. The van der Waals surface area contributed by atoms with Gasteiger partial charge in [0.15, 0.2) is 0 Å². The maximum absolute atomic E-state index is 8.85. The van der Waals surface area contributed by atoms with Crippen molar-refractivity contribution in [1.82, 2.24) is 4.98 Å². The quantitative estimate of drug-likeness (QED) is 0.674. The van der Waals surface area contributed by atoms with E-state index in [1.165, 1.54) is 6.20 Å². The number of nitrogens with two attached hydrogens (primary N) is 1. The predicted octanol–water partition coefficient (Wildman–Crippen LogP) is 0.718. The van der Waals surface area contributed by atoms with Gasteiger partial charge in [-0.2, -0.15) is 5.26 Å². The van der Waals surface area contributed by atoms with E-state index in [9.17, 15) is 0 Å². The van der Waals surface area contributed by atoms with Gasteiger partial charge in [-0.3, -0.25) is 0 Å². The summed E-state index contributed by atoms with van der Waals surface area (Å²) < 4.78 is 0. The highest BCUT2D eigenvalue weighted by atomic mass is 16.3. The highest BCUT2D eigenvalue weighted by molar-refractivity contribution is 5.57. The minimum absolute atomic E-state index is 0.0678. The number of nitrogens with one attached hydrogen (secondary N) is 1. The molecular formula is C10H14N4O. The standard InChI is InChI=1S/C10H14N4O/c1-7(2-3-15)14-10-8(5-11)4-9(12)6-13-10/h4,6-7,15H,2-3,12H2,1H3,(H,13,14). The summed E-state index contributed by atoms with van der Waals surface area (Å²) in [6.45, 7) is 2.01. The number of nitrogens with zero attached hydrogens (tertiary/aromatic N) is 2. The largest absolute Gasteiger partial charge is 0.397 e. The third-order valence-electron chi connectivity index (χ3n) is 1.97. The fourth-order valence-corrected chi connectivity index (χ4v) is 1.18. The molecule has 0 aliphatic heterocycles. The molecule has 80 valence electrons. The van der Waals surface area contributed by atoms with E-state index >= 15 is 0 Å². The highest BCUT2D eigenvalue weighted by Crippen LogP contribution is 2.15. The molecule has 0 aromatic carbocycles. The van der Waals surface area contributed by atoms with Crippen LogP contribution in [0.1, 0.15) is 18.9 Å². The second-order valence-corrected chi connectivity index (χ2v) is 3.33. The van der Waals surface area contributed by atoms with Gasteiger partial charge in [0, 0.05) is 12.6 Å². The molecule has 0 fully saturated rings. The summed E-state index contributed by atoms with van der Waals surface area (Å²) in [5, 5.41) is 20.6. The maximum Gasteiger partial charge on any atom is 0.144 e. The predicted molar refractivity (Wildman–Crippen MR) is 58.2 cm³/mol. The van der Waals surface area contributed by atoms with Gasteiger partial charge in [-0.1, -0.05) is 0 Å². The number of aromatic nitrogens is 1. The molecule has 1 aromatic heterocycles. The SMILES string of the molecule is CC(CCO)Nc1ncc(N)cc1C#N. The minimum Gasteiger partial charge on any atom is -0.397 e. The summed E-state index contributed by atoms with van der Waals surface area (Å²) >= 11 is 0. The Bertz CT molecular complexity index is 372. The van der Waals surface area contributed by atoms with Crippen molar-refractivity contribution in [2.45, 2.75) is 19.4 Å². The van der Waals surface area contributed by atoms with Crippen molar-refractivity contribution >= 4 is 11.5 Å². The molecular weight excluding hydrogens is 192 g/mol. The molecule has 0 radical (unpaired) electrons. The zero-order chi connectivity index (χ0) is 11.3. The van der Waals surface area contributed by atoms with Gasteiger partial charge in [0.1, 0.15) is 11.9 Å². The highest BCUT2D eigenvalue weighted by Gasteiger charge is 2.07. The molecule has 0 saturated carbocycles. The van der Waals surface area contributed by atoms with Crippen LogP contribution in [0.15, 0.2) is 12.3 Å². The van der Waals surface area contributed by atoms with Crippen LogP contribution in [-0.4, -0.2) is 22.7 Å². The van der Waals surface area contributed by atoms with E-state index < -0.39 is 0 Å². The number of anilines is 2. The van der Waals surface area contributed by atoms with Crippen LogP contribution in [0, 0.1) is 11.3 Å². The number of rotatable bonds is 4. The van der Waals surface area contributed by atoms with E-state index in [4.69, 9.17) is 16.1 Å². The fraction of sp³-hybridized carbons (Fsp3) is 0.400. The summed E-state index contributed by atoms with van der Waals surface area (Å²) in [7, 11) is 0. The number of nitrogen functional groups attached to an aromatic ring is 1. The summed E-state index contributed by atoms with van der Waals surface area (Å²) in [4.78, 5) is 4.03. The molecule has 15 heavy (non-hydrogen) atoms. The Morgan fingerprint density at radius 1 is 1.73 bits per heavy atom. The Hall–Kier alpha value is -1.80. The summed E-state index contributed by atoms with van der Waals surface area (Å²) in [6, 6.07) is 3.65. The number of aliphatic hydroxyl groups excluding tert-OH is 1. The molecule has 0 spiro atoms. The van der Waals surface area contributed by atoms with E-state index in [0.29, 0.717) is 23.5 Å². The Labute approximate surface area is 88.6 Å². The molecule has 4 N–H and O–H groups in total. The Morgan fingerprint density at radius 2 is 2.47 bits per heavy atom. The average molecular weight is 206 g/mol. The summed E-state index contributed by atoms with van der Waals surface area (Å²) in [6.07, 6.45) is 2.10. The van der Waals surface area contributed by atoms with Gasteiger partial charge in [0.2, 0.25) is 0 Å². The second kappa shape index (κ2) is 5.17. The third-order valence-corrected chi connectivity index (χ3v) is 1.97. The molecule has 1 atom stereocenters. The van der Waals surface area contributed by atoms with E-state index in [1.807, 2.05) is 13.0 Å². The smallest absolute Gasteiger partial charge is 0.144 e. The Balaban J connectivity index is 2.81. The van der Waals surface area contributed by atoms with Crippen LogP contribution in [0.3, 0.4) is 0 Å². The van der Waals surface area contributed by atoms with Crippen molar-refractivity contribution in [2.75, 3.05) is 17.7 Å². The second-order valence-electron chi connectivity index (χ2n) is 3.33. The van der Waals surface area contributed by atoms with Gasteiger partial charge in [-0.05, 0) is 19.4 Å². The number of pyridine rings is 1. The monoisotopic (exact) mass is 206 g/mol. The molecule has 0 aliphatic carbocycles. The zero-order valence-corrected chi connectivity index (χ0v) is 8.57. The van der Waals surface area contributed by atoms with Gasteiger partial charge in [-0.15, -0.1) is 0 Å². The first-order chi connectivity index (χ1) is 7.17. The number of nitriles is 1. The Morgan fingerprint density at radius 3 is 3.07 bits per heavy atom. The molecule has 5 heteroatoms. The van der Waals surface area contributed by atoms with Gasteiger partial charge in [0.05, 0.1) is 17.4 Å². The van der Waals surface area contributed by atoms with Crippen LogP contribution in [0.25, 0.3) is 0 Å². The van der Waals surface area contributed by atoms with Crippen LogP contribution in [0.4, 0.5) is 11.5 Å². The lowest BCUT2D eigenvalue weighted by Crippen LogP contribution is -2.18. The van der Waals surface area contributed by atoms with Gasteiger partial charge in [-0.25, -0.2) is 4.98 Å². The van der Waals surface area contributed by atoms with Crippen LogP contribution < -0.4 is 11.1 Å². The third kappa shape index (κ3) is 3.11. The lowest BCUT2D eigenvalue weighted by Gasteiger charge is -2.13. The number of hydrogen-bond donors (Lipinski definition) is 3. The van der Waals surface area contributed by atoms with E-state index in [-0.39, 0.29) is 12.6 Å². The van der Waals surface area contributed by atoms with Crippen molar-refractivity contribution < 1.29 is 5.11 Å². The van der Waals surface area contributed by atoms with Gasteiger partial charge >= 0.3 is 0 Å². The van der Waals surface area contributed by atoms with Crippen molar-refractivity contribution in [3.8, 4) is 6.07 Å².